The number of ether oxygens (including phenoxy) is 1. The van der Waals surface area contributed by atoms with Crippen molar-refractivity contribution in [3.8, 4) is 5.75 Å². The topological polar surface area (TPSA) is 38.5 Å². The smallest absolute Gasteiger partial charge is 0.118 e. The van der Waals surface area contributed by atoms with Crippen molar-refractivity contribution in [3.05, 3.63) is 29.8 Å². The molecule has 21 heavy (non-hydrogen) atoms. The molecule has 0 radical (unpaired) electrons. The summed E-state index contributed by atoms with van der Waals surface area (Å²) in [6, 6.07) is 8.73. The molecular weight excluding hydrogens is 260 g/mol. The molecule has 2 unspecified atom stereocenters. The van der Waals surface area contributed by atoms with E-state index < -0.39 is 0 Å². The van der Waals surface area contributed by atoms with Gasteiger partial charge in [0.15, 0.2) is 0 Å². The minimum atomic E-state index is -0.0543. The second-order valence-electron chi connectivity index (χ2n) is 7.38. The summed E-state index contributed by atoms with van der Waals surface area (Å²) in [5.41, 5.74) is 7.59. The molecule has 0 aliphatic rings. The average Bonchev–Trinajstić information content (AvgIpc) is 2.45. The molecule has 0 heterocycles. The third kappa shape index (κ3) is 4.45. The molecule has 0 fully saturated rings. The van der Waals surface area contributed by atoms with E-state index in [0.29, 0.717) is 12.6 Å². The van der Waals surface area contributed by atoms with Gasteiger partial charge in [-0.1, -0.05) is 32.9 Å². The van der Waals surface area contributed by atoms with Crippen LogP contribution in [0.25, 0.3) is 0 Å². The lowest BCUT2D eigenvalue weighted by Crippen LogP contribution is -2.57. The van der Waals surface area contributed by atoms with Crippen LogP contribution in [0.2, 0.25) is 0 Å². The van der Waals surface area contributed by atoms with Gasteiger partial charge < -0.3 is 10.5 Å². The van der Waals surface area contributed by atoms with Crippen molar-refractivity contribution in [3.63, 3.8) is 0 Å². The third-order valence-corrected chi connectivity index (χ3v) is 4.87. The van der Waals surface area contributed by atoms with Gasteiger partial charge in [0.25, 0.3) is 0 Å². The normalized spacial score (nSPS) is 16.6. The summed E-state index contributed by atoms with van der Waals surface area (Å²) in [6.45, 7) is 12.0. The van der Waals surface area contributed by atoms with E-state index in [1.807, 2.05) is 12.1 Å². The SMILES string of the molecule is COc1ccc(CC(C)(CN)N(C)C(C)C(C)(C)C)cc1. The highest BCUT2D eigenvalue weighted by molar-refractivity contribution is 5.28. The van der Waals surface area contributed by atoms with Gasteiger partial charge in [0.1, 0.15) is 5.75 Å². The number of methoxy groups -OCH3 is 1. The highest BCUT2D eigenvalue weighted by Gasteiger charge is 2.35. The molecule has 1 aromatic carbocycles. The standard InChI is InChI=1S/C18H32N2O/c1-14(17(2,3)4)20(6)18(5,13-19)12-15-8-10-16(21-7)11-9-15/h8-11,14H,12-13,19H2,1-7H3. The van der Waals surface area contributed by atoms with Crippen molar-refractivity contribution in [2.45, 2.75) is 52.6 Å². The van der Waals surface area contributed by atoms with Crippen LogP contribution < -0.4 is 10.5 Å². The minimum absolute atomic E-state index is 0.0543. The minimum Gasteiger partial charge on any atom is -0.497 e. The van der Waals surface area contributed by atoms with Crippen LogP contribution in [0.5, 0.6) is 5.75 Å². The summed E-state index contributed by atoms with van der Waals surface area (Å²) in [6.07, 6.45) is 0.935. The molecule has 0 amide bonds. The maximum absolute atomic E-state index is 6.13. The van der Waals surface area contributed by atoms with Crippen molar-refractivity contribution >= 4 is 0 Å². The lowest BCUT2D eigenvalue weighted by atomic mass is 9.82. The Labute approximate surface area is 130 Å². The summed E-state index contributed by atoms with van der Waals surface area (Å²) >= 11 is 0. The Morgan fingerprint density at radius 1 is 1.14 bits per heavy atom. The van der Waals surface area contributed by atoms with Gasteiger partial charge in [0, 0.05) is 18.1 Å². The van der Waals surface area contributed by atoms with Crippen molar-refractivity contribution < 1.29 is 4.74 Å². The molecular formula is C18H32N2O. The van der Waals surface area contributed by atoms with E-state index in [1.54, 1.807) is 7.11 Å². The molecule has 0 saturated heterocycles. The van der Waals surface area contributed by atoms with Crippen molar-refractivity contribution in [1.82, 2.24) is 4.90 Å². The van der Waals surface area contributed by atoms with E-state index in [-0.39, 0.29) is 11.0 Å². The average molecular weight is 292 g/mol. The van der Waals surface area contributed by atoms with Crippen molar-refractivity contribution in [2.75, 3.05) is 20.7 Å². The molecule has 120 valence electrons. The van der Waals surface area contributed by atoms with E-state index in [2.05, 4.69) is 58.7 Å². The first-order chi connectivity index (χ1) is 9.64. The second-order valence-corrected chi connectivity index (χ2v) is 7.38. The molecule has 2 N–H and O–H groups in total. The quantitative estimate of drug-likeness (QED) is 0.874. The number of nitrogens with zero attached hydrogens (tertiary/aromatic N) is 1. The van der Waals surface area contributed by atoms with Crippen LogP contribution in [-0.2, 0) is 6.42 Å². The monoisotopic (exact) mass is 292 g/mol. The van der Waals surface area contributed by atoms with Gasteiger partial charge in [-0.3, -0.25) is 4.90 Å². The van der Waals surface area contributed by atoms with E-state index in [1.165, 1.54) is 5.56 Å². The Bertz CT molecular complexity index is 436. The summed E-state index contributed by atoms with van der Waals surface area (Å²) in [5.74, 6) is 0.893. The van der Waals surface area contributed by atoms with Crippen molar-refractivity contribution in [1.29, 1.82) is 0 Å². The first kappa shape index (κ1) is 18.0. The van der Waals surface area contributed by atoms with Gasteiger partial charge in [-0.15, -0.1) is 0 Å². The van der Waals surface area contributed by atoms with E-state index in [4.69, 9.17) is 10.5 Å². The molecule has 2 atom stereocenters. The first-order valence-corrected chi connectivity index (χ1v) is 7.70. The molecule has 1 rings (SSSR count). The van der Waals surface area contributed by atoms with Crippen LogP contribution in [0.3, 0.4) is 0 Å². The summed E-state index contributed by atoms with van der Waals surface area (Å²) in [4.78, 5) is 2.43. The fourth-order valence-electron chi connectivity index (χ4n) is 2.57. The fourth-order valence-corrected chi connectivity index (χ4v) is 2.57. The highest BCUT2D eigenvalue weighted by Crippen LogP contribution is 2.30. The summed E-state index contributed by atoms with van der Waals surface area (Å²) in [7, 11) is 3.88. The van der Waals surface area contributed by atoms with E-state index >= 15 is 0 Å². The largest absolute Gasteiger partial charge is 0.497 e. The number of hydrogen-bond acceptors (Lipinski definition) is 3. The second kappa shape index (κ2) is 6.80. The van der Waals surface area contributed by atoms with E-state index in [0.717, 1.165) is 12.2 Å². The Morgan fingerprint density at radius 2 is 1.67 bits per heavy atom. The van der Waals surface area contributed by atoms with Gasteiger partial charge in [0.2, 0.25) is 0 Å². The lowest BCUT2D eigenvalue weighted by molar-refractivity contribution is 0.0425. The zero-order valence-corrected chi connectivity index (χ0v) is 14.7. The molecule has 3 nitrogen and oxygen atoms in total. The maximum Gasteiger partial charge on any atom is 0.118 e. The van der Waals surface area contributed by atoms with Gasteiger partial charge >= 0.3 is 0 Å². The number of nitrogens with two attached hydrogens (primary N) is 1. The molecule has 1 aromatic rings. The molecule has 0 spiro atoms. The zero-order chi connectivity index (χ0) is 16.3. The predicted molar refractivity (Wildman–Crippen MR) is 90.8 cm³/mol. The van der Waals surface area contributed by atoms with Gasteiger partial charge in [-0.05, 0) is 50.4 Å². The molecule has 3 heteroatoms. The van der Waals surface area contributed by atoms with Crippen LogP contribution in [0.4, 0.5) is 0 Å². The Balaban J connectivity index is 2.92. The number of likely N-dealkylation sites (N-methyl/N-ethyl adjacent to an activating group) is 1. The van der Waals surface area contributed by atoms with Gasteiger partial charge in [-0.25, -0.2) is 0 Å². The van der Waals surface area contributed by atoms with Crippen molar-refractivity contribution in [2.24, 2.45) is 11.1 Å². The Hall–Kier alpha value is -1.06. The van der Waals surface area contributed by atoms with Crippen LogP contribution in [0.1, 0.15) is 40.2 Å². The third-order valence-electron chi connectivity index (χ3n) is 4.87. The lowest BCUT2D eigenvalue weighted by Gasteiger charge is -2.46. The predicted octanol–water partition coefficient (Wildman–Crippen LogP) is 3.32. The molecule has 0 aromatic heterocycles. The zero-order valence-electron chi connectivity index (χ0n) is 14.7. The number of rotatable bonds is 6. The molecule has 0 bridgehead atoms. The molecule has 0 aliphatic heterocycles. The van der Waals surface area contributed by atoms with Crippen LogP contribution in [0.15, 0.2) is 24.3 Å². The molecule has 0 saturated carbocycles. The van der Waals surface area contributed by atoms with Crippen LogP contribution >= 0.6 is 0 Å². The van der Waals surface area contributed by atoms with Gasteiger partial charge in [0.05, 0.1) is 7.11 Å². The van der Waals surface area contributed by atoms with E-state index in [9.17, 15) is 0 Å². The Kier molecular flexibility index (Phi) is 5.83. The number of hydrogen-bond donors (Lipinski definition) is 1. The summed E-state index contributed by atoms with van der Waals surface area (Å²) < 4.78 is 5.22. The van der Waals surface area contributed by atoms with Gasteiger partial charge in [-0.2, -0.15) is 0 Å². The maximum atomic E-state index is 6.13. The number of benzene rings is 1. The van der Waals surface area contributed by atoms with Crippen LogP contribution in [-0.4, -0.2) is 37.2 Å². The molecule has 0 aliphatic carbocycles. The summed E-state index contributed by atoms with van der Waals surface area (Å²) in [5, 5.41) is 0. The Morgan fingerprint density at radius 3 is 2.05 bits per heavy atom. The highest BCUT2D eigenvalue weighted by atomic mass is 16.5. The van der Waals surface area contributed by atoms with Crippen LogP contribution in [0, 0.1) is 5.41 Å². The first-order valence-electron chi connectivity index (χ1n) is 7.70. The fraction of sp³-hybridized carbons (Fsp3) is 0.667.